The van der Waals surface area contributed by atoms with Crippen molar-refractivity contribution in [2.24, 2.45) is 0 Å². The van der Waals surface area contributed by atoms with Gasteiger partial charge < -0.3 is 14.8 Å². The molecule has 0 radical (unpaired) electrons. The quantitative estimate of drug-likeness (QED) is 0.877. The van der Waals surface area contributed by atoms with Crippen LogP contribution in [0.25, 0.3) is 0 Å². The molecule has 1 N–H and O–H groups in total. The molecule has 1 aliphatic heterocycles. The van der Waals surface area contributed by atoms with Crippen LogP contribution in [0.2, 0.25) is 0 Å². The lowest BCUT2D eigenvalue weighted by Crippen LogP contribution is -2.51. The van der Waals surface area contributed by atoms with Crippen LogP contribution in [0.3, 0.4) is 0 Å². The van der Waals surface area contributed by atoms with Gasteiger partial charge in [-0.1, -0.05) is 30.3 Å². The zero-order valence-corrected chi connectivity index (χ0v) is 15.2. The highest BCUT2D eigenvalue weighted by molar-refractivity contribution is 5.95. The van der Waals surface area contributed by atoms with E-state index in [1.165, 1.54) is 19.2 Å². The van der Waals surface area contributed by atoms with Gasteiger partial charge in [-0.25, -0.2) is 4.39 Å². The number of methoxy groups -OCH3 is 1. The van der Waals surface area contributed by atoms with Crippen LogP contribution in [0.4, 0.5) is 10.1 Å². The molecule has 1 heterocycles. The highest BCUT2D eigenvalue weighted by atomic mass is 19.1. The number of carbonyl (C=O) groups excluding carboxylic acids is 1. The Bertz CT molecular complexity index is 810. The molecule has 1 saturated carbocycles. The first-order chi connectivity index (χ1) is 13.2. The third kappa shape index (κ3) is 3.82. The lowest BCUT2D eigenvalue weighted by Gasteiger charge is -2.41. The van der Waals surface area contributed by atoms with Gasteiger partial charge in [0.05, 0.1) is 19.8 Å². The Morgan fingerprint density at radius 3 is 2.67 bits per heavy atom. The first kappa shape index (κ1) is 17.9. The molecular formula is C21H23FN2O3. The molecule has 1 aliphatic carbocycles. The minimum absolute atomic E-state index is 0.143. The Morgan fingerprint density at radius 2 is 2.00 bits per heavy atom. The fourth-order valence-electron chi connectivity index (χ4n) is 3.70. The van der Waals surface area contributed by atoms with E-state index < -0.39 is 11.9 Å². The Morgan fingerprint density at radius 1 is 1.22 bits per heavy atom. The number of halogens is 1. The Balaban J connectivity index is 1.57. The topological polar surface area (TPSA) is 50.8 Å². The van der Waals surface area contributed by atoms with Crippen molar-refractivity contribution in [1.29, 1.82) is 0 Å². The van der Waals surface area contributed by atoms with Crippen LogP contribution in [0, 0.1) is 5.82 Å². The first-order valence-corrected chi connectivity index (χ1v) is 9.24. The first-order valence-electron chi connectivity index (χ1n) is 9.24. The molecule has 2 atom stereocenters. The summed E-state index contributed by atoms with van der Waals surface area (Å²) in [6, 6.07) is 14.7. The summed E-state index contributed by atoms with van der Waals surface area (Å²) in [5, 5.41) is 2.80. The average Bonchev–Trinajstić information content (AvgIpc) is 3.53. The summed E-state index contributed by atoms with van der Waals surface area (Å²) in [6.07, 6.45) is 1.66. The van der Waals surface area contributed by atoms with E-state index in [4.69, 9.17) is 9.47 Å². The van der Waals surface area contributed by atoms with Crippen molar-refractivity contribution in [2.75, 3.05) is 25.6 Å². The second-order valence-corrected chi connectivity index (χ2v) is 6.95. The molecule has 2 fully saturated rings. The summed E-state index contributed by atoms with van der Waals surface area (Å²) in [4.78, 5) is 15.4. The maximum Gasteiger partial charge on any atom is 0.255 e. The summed E-state index contributed by atoms with van der Waals surface area (Å²) in [6.45, 7) is 1.32. The van der Waals surface area contributed by atoms with Gasteiger partial charge in [0.2, 0.25) is 0 Å². The molecule has 0 spiro atoms. The third-order valence-corrected chi connectivity index (χ3v) is 5.13. The molecule has 0 bridgehead atoms. The van der Waals surface area contributed by atoms with Gasteiger partial charge in [-0.05, 0) is 30.5 Å². The number of ether oxygens (including phenoxy) is 2. The van der Waals surface area contributed by atoms with Gasteiger partial charge in [-0.15, -0.1) is 0 Å². The molecule has 5 nitrogen and oxygen atoms in total. The van der Waals surface area contributed by atoms with Crippen LogP contribution in [-0.4, -0.2) is 43.2 Å². The molecule has 2 aliphatic rings. The van der Waals surface area contributed by atoms with Crippen molar-refractivity contribution in [2.45, 2.75) is 31.0 Å². The number of benzene rings is 2. The Kier molecular flexibility index (Phi) is 5.09. The van der Waals surface area contributed by atoms with Crippen molar-refractivity contribution in [3.8, 4) is 5.75 Å². The summed E-state index contributed by atoms with van der Waals surface area (Å²) >= 11 is 0. The minimum atomic E-state index is -0.646. The second-order valence-electron chi connectivity index (χ2n) is 6.95. The van der Waals surface area contributed by atoms with E-state index in [1.807, 2.05) is 30.3 Å². The van der Waals surface area contributed by atoms with E-state index in [-0.39, 0.29) is 17.7 Å². The lowest BCUT2D eigenvalue weighted by molar-refractivity contribution is -0.141. The number of nitrogens with one attached hydrogen (secondary N) is 1. The van der Waals surface area contributed by atoms with Crippen LogP contribution in [0.1, 0.15) is 24.4 Å². The highest BCUT2D eigenvalue weighted by Crippen LogP contribution is 2.39. The normalized spacial score (nSPS) is 23.0. The van der Waals surface area contributed by atoms with E-state index in [1.54, 1.807) is 6.07 Å². The van der Waals surface area contributed by atoms with Crippen LogP contribution < -0.4 is 10.1 Å². The molecule has 4 rings (SSSR count). The van der Waals surface area contributed by atoms with Crippen LogP contribution in [-0.2, 0) is 9.53 Å². The van der Waals surface area contributed by atoms with E-state index in [9.17, 15) is 9.18 Å². The number of morpholine rings is 1. The maximum atomic E-state index is 13.9. The van der Waals surface area contributed by atoms with Crippen molar-refractivity contribution < 1.29 is 18.7 Å². The van der Waals surface area contributed by atoms with E-state index in [0.717, 1.165) is 24.9 Å². The van der Waals surface area contributed by atoms with Gasteiger partial charge >= 0.3 is 0 Å². The number of nitrogens with zero attached hydrogens (tertiary/aromatic N) is 1. The van der Waals surface area contributed by atoms with Crippen LogP contribution in [0.15, 0.2) is 48.5 Å². The van der Waals surface area contributed by atoms with E-state index >= 15 is 0 Å². The van der Waals surface area contributed by atoms with Gasteiger partial charge in [-0.3, -0.25) is 9.69 Å². The fourth-order valence-corrected chi connectivity index (χ4v) is 3.70. The predicted molar refractivity (Wildman–Crippen MR) is 100 cm³/mol. The number of hydrogen-bond donors (Lipinski definition) is 1. The van der Waals surface area contributed by atoms with Gasteiger partial charge in [-0.2, -0.15) is 0 Å². The minimum Gasteiger partial charge on any atom is -0.494 e. The van der Waals surface area contributed by atoms with Crippen molar-refractivity contribution in [3.63, 3.8) is 0 Å². The van der Waals surface area contributed by atoms with Gasteiger partial charge in [0.15, 0.2) is 17.7 Å². The molecule has 1 amide bonds. The molecule has 0 aromatic heterocycles. The second kappa shape index (κ2) is 7.66. The van der Waals surface area contributed by atoms with Gasteiger partial charge in [0.25, 0.3) is 5.91 Å². The van der Waals surface area contributed by atoms with E-state index in [2.05, 4.69) is 10.2 Å². The van der Waals surface area contributed by atoms with Crippen molar-refractivity contribution >= 4 is 11.6 Å². The molecule has 142 valence electrons. The zero-order valence-electron chi connectivity index (χ0n) is 15.2. The standard InChI is InChI=1S/C21H23FN2O3/c1-26-18-10-7-15(13-17(18)22)23-21(25)20-19(14-5-3-2-4-6-14)24(11-12-27-20)16-8-9-16/h2-7,10,13,16,19-20H,8-9,11-12H2,1H3,(H,23,25)/t19-,20+/m0/s1. The van der Waals surface area contributed by atoms with E-state index in [0.29, 0.717) is 18.3 Å². The molecular weight excluding hydrogens is 347 g/mol. The number of carbonyl (C=O) groups is 1. The number of amides is 1. The number of anilines is 1. The Labute approximate surface area is 158 Å². The predicted octanol–water partition coefficient (Wildman–Crippen LogP) is 3.38. The number of hydrogen-bond acceptors (Lipinski definition) is 4. The van der Waals surface area contributed by atoms with Crippen molar-refractivity contribution in [3.05, 3.63) is 59.9 Å². The fraction of sp³-hybridized carbons (Fsp3) is 0.381. The van der Waals surface area contributed by atoms with Crippen LogP contribution >= 0.6 is 0 Å². The Hall–Kier alpha value is -2.44. The molecule has 6 heteroatoms. The van der Waals surface area contributed by atoms with Crippen molar-refractivity contribution in [1.82, 2.24) is 4.90 Å². The SMILES string of the molecule is COc1ccc(NC(=O)[C@@H]2OCCN(C3CC3)[C@H]2c2ccccc2)cc1F. The largest absolute Gasteiger partial charge is 0.494 e. The molecule has 2 aromatic rings. The lowest BCUT2D eigenvalue weighted by atomic mass is 9.97. The molecule has 27 heavy (non-hydrogen) atoms. The summed E-state index contributed by atoms with van der Waals surface area (Å²) < 4.78 is 24.8. The summed E-state index contributed by atoms with van der Waals surface area (Å²) in [7, 11) is 1.41. The maximum absolute atomic E-state index is 13.9. The van der Waals surface area contributed by atoms with Gasteiger partial charge in [0.1, 0.15) is 0 Å². The van der Waals surface area contributed by atoms with Gasteiger partial charge in [0, 0.05) is 24.3 Å². The average molecular weight is 370 g/mol. The highest BCUT2D eigenvalue weighted by Gasteiger charge is 2.44. The summed E-state index contributed by atoms with van der Waals surface area (Å²) in [5.74, 6) is -0.637. The zero-order chi connectivity index (χ0) is 18.8. The molecule has 1 saturated heterocycles. The third-order valence-electron chi connectivity index (χ3n) is 5.13. The molecule has 2 aromatic carbocycles. The molecule has 0 unspecified atom stereocenters. The van der Waals surface area contributed by atoms with Crippen LogP contribution in [0.5, 0.6) is 5.75 Å². The summed E-state index contributed by atoms with van der Waals surface area (Å²) in [5.41, 5.74) is 1.45. The smallest absolute Gasteiger partial charge is 0.255 e. The number of rotatable bonds is 5. The monoisotopic (exact) mass is 370 g/mol.